The molecule has 2 aliphatic heterocycles. The molecule has 2 amide bonds. The molecule has 24 heavy (non-hydrogen) atoms. The minimum Gasteiger partial charge on any atom is -0.342 e. The Morgan fingerprint density at radius 2 is 2.00 bits per heavy atom. The molecular formula is C19H25FN2O2. The molecule has 0 spiro atoms. The zero-order valence-electron chi connectivity index (χ0n) is 14.4. The van der Waals surface area contributed by atoms with Gasteiger partial charge in [-0.25, -0.2) is 4.39 Å². The number of hydrogen-bond donors (Lipinski definition) is 0. The number of rotatable bonds is 2. The van der Waals surface area contributed by atoms with Gasteiger partial charge in [-0.3, -0.25) is 9.59 Å². The number of likely N-dealkylation sites (tertiary alicyclic amines) is 2. The molecule has 0 unspecified atom stereocenters. The van der Waals surface area contributed by atoms with E-state index >= 15 is 0 Å². The van der Waals surface area contributed by atoms with Gasteiger partial charge in [0.2, 0.25) is 11.8 Å². The van der Waals surface area contributed by atoms with E-state index in [1.54, 1.807) is 30.1 Å². The Balaban J connectivity index is 1.90. The molecule has 2 saturated heterocycles. The van der Waals surface area contributed by atoms with Gasteiger partial charge in [0, 0.05) is 32.1 Å². The maximum atomic E-state index is 14.4. The predicted octanol–water partition coefficient (Wildman–Crippen LogP) is 2.99. The summed E-state index contributed by atoms with van der Waals surface area (Å²) in [4.78, 5) is 28.7. The van der Waals surface area contributed by atoms with Crippen LogP contribution < -0.4 is 0 Å². The van der Waals surface area contributed by atoms with E-state index in [4.69, 9.17) is 0 Å². The van der Waals surface area contributed by atoms with Gasteiger partial charge in [0.1, 0.15) is 5.82 Å². The highest BCUT2D eigenvalue weighted by Gasteiger charge is 2.42. The first-order valence-corrected chi connectivity index (χ1v) is 8.78. The fourth-order valence-electron chi connectivity index (χ4n) is 4.06. The Morgan fingerprint density at radius 1 is 1.25 bits per heavy atom. The number of piperidine rings is 2. The third-order valence-electron chi connectivity index (χ3n) is 5.37. The van der Waals surface area contributed by atoms with Gasteiger partial charge in [0.05, 0.1) is 12.0 Å². The molecule has 4 nitrogen and oxygen atoms in total. The number of hydrogen-bond acceptors (Lipinski definition) is 2. The fraction of sp³-hybridized carbons (Fsp3) is 0.579. The van der Waals surface area contributed by atoms with Gasteiger partial charge < -0.3 is 9.80 Å². The van der Waals surface area contributed by atoms with E-state index < -0.39 is 6.04 Å². The van der Waals surface area contributed by atoms with Crippen LogP contribution in [-0.2, 0) is 9.59 Å². The second-order valence-corrected chi connectivity index (χ2v) is 7.15. The van der Waals surface area contributed by atoms with Crippen LogP contribution in [0.1, 0.15) is 44.2 Å². The van der Waals surface area contributed by atoms with E-state index in [1.807, 2.05) is 4.90 Å². The smallest absolute Gasteiger partial charge is 0.228 e. The predicted molar refractivity (Wildman–Crippen MR) is 89.6 cm³/mol. The molecule has 0 N–H and O–H groups in total. The maximum absolute atomic E-state index is 14.4. The van der Waals surface area contributed by atoms with Gasteiger partial charge in [-0.15, -0.1) is 0 Å². The number of halogens is 1. The van der Waals surface area contributed by atoms with Gasteiger partial charge in [-0.1, -0.05) is 25.1 Å². The SMILES string of the molecule is C[C@@H]1CCCN(C(=O)[C@H]2CCC(=O)N(C)[C@H]2c2ccccc2F)C1. The van der Waals surface area contributed by atoms with Crippen LogP contribution in [0.4, 0.5) is 4.39 Å². The fourth-order valence-corrected chi connectivity index (χ4v) is 4.06. The molecule has 0 aromatic heterocycles. The van der Waals surface area contributed by atoms with Crippen LogP contribution in [0, 0.1) is 17.7 Å². The van der Waals surface area contributed by atoms with Crippen molar-refractivity contribution in [2.75, 3.05) is 20.1 Å². The summed E-state index contributed by atoms with van der Waals surface area (Å²) in [7, 11) is 1.68. The van der Waals surface area contributed by atoms with Crippen molar-refractivity contribution in [1.82, 2.24) is 9.80 Å². The van der Waals surface area contributed by atoms with Crippen LogP contribution >= 0.6 is 0 Å². The average Bonchev–Trinajstić information content (AvgIpc) is 2.57. The number of carbonyl (C=O) groups excluding carboxylic acids is 2. The summed E-state index contributed by atoms with van der Waals surface area (Å²) in [6, 6.07) is 5.96. The summed E-state index contributed by atoms with van der Waals surface area (Å²) in [5.74, 6) is -0.185. The number of carbonyl (C=O) groups is 2. The molecule has 1 aromatic rings. The first-order valence-electron chi connectivity index (χ1n) is 8.78. The highest BCUT2D eigenvalue weighted by molar-refractivity contribution is 5.85. The van der Waals surface area contributed by atoms with Crippen molar-refractivity contribution in [3.05, 3.63) is 35.6 Å². The van der Waals surface area contributed by atoms with Crippen molar-refractivity contribution >= 4 is 11.8 Å². The van der Waals surface area contributed by atoms with Crippen LogP contribution in [0.15, 0.2) is 24.3 Å². The van der Waals surface area contributed by atoms with E-state index in [1.165, 1.54) is 6.07 Å². The Hall–Kier alpha value is -1.91. The topological polar surface area (TPSA) is 40.6 Å². The lowest BCUT2D eigenvalue weighted by atomic mass is 9.82. The Labute approximate surface area is 142 Å². The maximum Gasteiger partial charge on any atom is 0.228 e. The van der Waals surface area contributed by atoms with Crippen LogP contribution in [-0.4, -0.2) is 41.8 Å². The van der Waals surface area contributed by atoms with Crippen molar-refractivity contribution in [1.29, 1.82) is 0 Å². The van der Waals surface area contributed by atoms with Crippen molar-refractivity contribution in [2.24, 2.45) is 11.8 Å². The Morgan fingerprint density at radius 3 is 2.71 bits per heavy atom. The zero-order valence-corrected chi connectivity index (χ0v) is 14.4. The molecule has 3 atom stereocenters. The summed E-state index contributed by atoms with van der Waals surface area (Å²) in [5, 5.41) is 0. The molecule has 2 heterocycles. The highest BCUT2D eigenvalue weighted by atomic mass is 19.1. The number of amides is 2. The molecule has 2 fully saturated rings. The van der Waals surface area contributed by atoms with Crippen LogP contribution in [0.5, 0.6) is 0 Å². The summed E-state index contributed by atoms with van der Waals surface area (Å²) >= 11 is 0. The van der Waals surface area contributed by atoms with E-state index in [0.717, 1.165) is 25.9 Å². The highest BCUT2D eigenvalue weighted by Crippen LogP contribution is 2.38. The standard InChI is InChI=1S/C19H25FN2O2/c1-13-6-5-11-22(12-13)19(24)15-9-10-17(23)21(2)18(15)14-7-3-4-8-16(14)20/h3-4,7-8,13,15,18H,5-6,9-12H2,1-2H3/t13-,15+,18+/m1/s1. The van der Waals surface area contributed by atoms with Crippen LogP contribution in [0.3, 0.4) is 0 Å². The summed E-state index contributed by atoms with van der Waals surface area (Å²) < 4.78 is 14.4. The minimum absolute atomic E-state index is 0.0284. The molecule has 130 valence electrons. The van der Waals surface area contributed by atoms with Crippen LogP contribution in [0.2, 0.25) is 0 Å². The first-order chi connectivity index (χ1) is 11.5. The van der Waals surface area contributed by atoms with Gasteiger partial charge >= 0.3 is 0 Å². The summed E-state index contributed by atoms with van der Waals surface area (Å²) in [6.45, 7) is 3.68. The molecule has 2 aliphatic rings. The molecule has 5 heteroatoms. The molecule has 1 aromatic carbocycles. The Kier molecular flexibility index (Phi) is 4.88. The molecule has 0 saturated carbocycles. The van der Waals surface area contributed by atoms with Crippen molar-refractivity contribution < 1.29 is 14.0 Å². The quantitative estimate of drug-likeness (QED) is 0.835. The lowest BCUT2D eigenvalue weighted by molar-refractivity contribution is -0.147. The summed E-state index contributed by atoms with van der Waals surface area (Å²) in [5.41, 5.74) is 0.441. The molecule has 0 bridgehead atoms. The monoisotopic (exact) mass is 332 g/mol. The number of benzene rings is 1. The first kappa shape index (κ1) is 16.9. The third-order valence-corrected chi connectivity index (χ3v) is 5.37. The van der Waals surface area contributed by atoms with E-state index in [9.17, 15) is 14.0 Å². The van der Waals surface area contributed by atoms with E-state index in [-0.39, 0.29) is 23.5 Å². The molecule has 0 aliphatic carbocycles. The van der Waals surface area contributed by atoms with Gasteiger partial charge in [0.15, 0.2) is 0 Å². The third kappa shape index (κ3) is 3.17. The number of nitrogens with zero attached hydrogens (tertiary/aromatic N) is 2. The second-order valence-electron chi connectivity index (χ2n) is 7.15. The minimum atomic E-state index is -0.516. The largest absolute Gasteiger partial charge is 0.342 e. The summed E-state index contributed by atoms with van der Waals surface area (Å²) in [6.07, 6.45) is 3.00. The van der Waals surface area contributed by atoms with Gasteiger partial charge in [-0.2, -0.15) is 0 Å². The van der Waals surface area contributed by atoms with Gasteiger partial charge in [0.25, 0.3) is 0 Å². The van der Waals surface area contributed by atoms with Crippen LogP contribution in [0.25, 0.3) is 0 Å². The van der Waals surface area contributed by atoms with E-state index in [0.29, 0.717) is 24.3 Å². The van der Waals surface area contributed by atoms with E-state index in [2.05, 4.69) is 6.92 Å². The zero-order chi connectivity index (χ0) is 17.3. The van der Waals surface area contributed by atoms with Crippen molar-refractivity contribution in [3.63, 3.8) is 0 Å². The average molecular weight is 332 g/mol. The lowest BCUT2D eigenvalue weighted by Gasteiger charge is -2.42. The molecular weight excluding hydrogens is 307 g/mol. The van der Waals surface area contributed by atoms with Crippen molar-refractivity contribution in [3.8, 4) is 0 Å². The molecule has 0 radical (unpaired) electrons. The normalized spacial score (nSPS) is 28.1. The second kappa shape index (κ2) is 6.91. The van der Waals surface area contributed by atoms with Crippen molar-refractivity contribution in [2.45, 2.75) is 38.6 Å². The van der Waals surface area contributed by atoms with Gasteiger partial charge in [-0.05, 0) is 31.2 Å². The Bertz CT molecular complexity index is 634. The molecule has 3 rings (SSSR count). The lowest BCUT2D eigenvalue weighted by Crippen LogP contribution is -2.49.